The Morgan fingerprint density at radius 3 is 2.72 bits per heavy atom. The van der Waals surface area contributed by atoms with Gasteiger partial charge in [0, 0.05) is 43.3 Å². The first kappa shape index (κ1) is 22.6. The Kier molecular flexibility index (Phi) is 6.96. The Hall–Kier alpha value is -2.64. The summed E-state index contributed by atoms with van der Waals surface area (Å²) in [4.78, 5) is 13.0. The lowest BCUT2D eigenvalue weighted by atomic mass is 9.99. The van der Waals surface area contributed by atoms with Crippen molar-refractivity contribution in [3.63, 3.8) is 0 Å². The van der Waals surface area contributed by atoms with Gasteiger partial charge in [0.2, 0.25) is 15.9 Å². The average molecular weight is 454 g/mol. The number of nitrogens with zero attached hydrogens (tertiary/aromatic N) is 2. The number of nitrogens with one attached hydrogen (secondary N) is 1. The topological polar surface area (TPSA) is 71.4 Å². The molecular formula is C25H31N3O3S. The molecule has 1 aliphatic heterocycles. The molecule has 1 saturated heterocycles. The molecule has 3 aromatic rings. The summed E-state index contributed by atoms with van der Waals surface area (Å²) < 4.78 is 30.1. The lowest BCUT2D eigenvalue weighted by Crippen LogP contribution is -2.45. The van der Waals surface area contributed by atoms with E-state index in [0.29, 0.717) is 24.4 Å². The summed E-state index contributed by atoms with van der Waals surface area (Å²) in [5.41, 5.74) is 2.28. The third-order valence-corrected chi connectivity index (χ3v) is 8.12. The van der Waals surface area contributed by atoms with E-state index in [9.17, 15) is 13.2 Å². The van der Waals surface area contributed by atoms with E-state index in [1.54, 1.807) is 12.1 Å². The summed E-state index contributed by atoms with van der Waals surface area (Å²) in [6.07, 6.45) is 5.15. The van der Waals surface area contributed by atoms with Crippen LogP contribution in [0.25, 0.3) is 10.9 Å². The molecule has 0 bridgehead atoms. The number of rotatable bonds is 8. The number of carbonyl (C=O) groups excluding carboxylic acids is 1. The van der Waals surface area contributed by atoms with Gasteiger partial charge < -0.3 is 9.88 Å². The van der Waals surface area contributed by atoms with Crippen LogP contribution in [0, 0.1) is 5.92 Å². The Morgan fingerprint density at radius 2 is 1.94 bits per heavy atom. The van der Waals surface area contributed by atoms with E-state index in [1.165, 1.54) is 9.87 Å². The maximum Gasteiger partial charge on any atom is 0.243 e. The first-order valence-electron chi connectivity index (χ1n) is 11.4. The number of benzene rings is 2. The van der Waals surface area contributed by atoms with E-state index < -0.39 is 10.0 Å². The van der Waals surface area contributed by atoms with Crippen molar-refractivity contribution in [3.05, 3.63) is 66.4 Å². The number of sulfonamides is 1. The molecule has 0 aliphatic carbocycles. The fraction of sp³-hybridized carbons (Fsp3) is 0.400. The van der Waals surface area contributed by atoms with Crippen LogP contribution in [0.1, 0.15) is 31.7 Å². The van der Waals surface area contributed by atoms with Crippen LogP contribution in [-0.4, -0.2) is 42.8 Å². The standard InChI is InChI=1S/C25H31N3O3S/c1-2-27-17-14-21-18-23(12-13-24(21)27)32(30,31)28-16-7-11-22(19-28)25(29)26-15-6-10-20-8-4-3-5-9-20/h3-5,8-9,12-14,17-18,22H,2,6-7,10-11,15-16,19H2,1H3,(H,26,29)/t22-/m0/s1. The van der Waals surface area contributed by atoms with Gasteiger partial charge in [0.25, 0.3) is 0 Å². The van der Waals surface area contributed by atoms with E-state index in [4.69, 9.17) is 0 Å². The lowest BCUT2D eigenvalue weighted by Gasteiger charge is -2.31. The first-order chi connectivity index (χ1) is 15.5. The number of fused-ring (bicyclic) bond motifs is 1. The van der Waals surface area contributed by atoms with Crippen molar-refractivity contribution in [2.45, 2.75) is 44.0 Å². The maximum absolute atomic E-state index is 13.3. The molecule has 1 atom stereocenters. The molecule has 7 heteroatoms. The van der Waals surface area contributed by atoms with Crippen molar-refractivity contribution in [2.75, 3.05) is 19.6 Å². The molecule has 0 spiro atoms. The highest BCUT2D eigenvalue weighted by atomic mass is 32.2. The smallest absolute Gasteiger partial charge is 0.243 e. The largest absolute Gasteiger partial charge is 0.356 e. The number of hydrogen-bond acceptors (Lipinski definition) is 3. The number of aryl methyl sites for hydroxylation is 2. The zero-order valence-corrected chi connectivity index (χ0v) is 19.4. The number of aromatic nitrogens is 1. The van der Waals surface area contributed by atoms with E-state index in [2.05, 4.69) is 28.9 Å². The molecule has 1 fully saturated rings. The molecule has 1 aromatic heterocycles. The van der Waals surface area contributed by atoms with Gasteiger partial charge in [-0.2, -0.15) is 4.31 Å². The molecule has 4 rings (SSSR count). The third-order valence-electron chi connectivity index (χ3n) is 6.26. The average Bonchev–Trinajstić information content (AvgIpc) is 3.25. The molecule has 2 heterocycles. The van der Waals surface area contributed by atoms with Crippen LogP contribution in [0.15, 0.2) is 65.7 Å². The highest BCUT2D eigenvalue weighted by molar-refractivity contribution is 7.89. The molecule has 0 saturated carbocycles. The quantitative estimate of drug-likeness (QED) is 0.527. The Morgan fingerprint density at radius 1 is 1.12 bits per heavy atom. The Labute approximate surface area is 190 Å². The van der Waals surface area contributed by atoms with Crippen LogP contribution in [0.4, 0.5) is 0 Å². The zero-order chi connectivity index (χ0) is 22.6. The summed E-state index contributed by atoms with van der Waals surface area (Å²) in [6.45, 7) is 4.19. The van der Waals surface area contributed by atoms with Crippen LogP contribution in [0.5, 0.6) is 0 Å². The Balaban J connectivity index is 1.36. The summed E-state index contributed by atoms with van der Waals surface area (Å²) in [6, 6.07) is 17.4. The maximum atomic E-state index is 13.3. The first-order valence-corrected chi connectivity index (χ1v) is 12.8. The molecule has 6 nitrogen and oxygen atoms in total. The minimum atomic E-state index is -3.63. The number of piperidine rings is 1. The summed E-state index contributed by atoms with van der Waals surface area (Å²) >= 11 is 0. The van der Waals surface area contributed by atoms with Gasteiger partial charge in [-0.1, -0.05) is 30.3 Å². The second-order valence-electron chi connectivity index (χ2n) is 8.40. The van der Waals surface area contributed by atoms with Crippen LogP contribution in [0.2, 0.25) is 0 Å². The van der Waals surface area contributed by atoms with Crippen molar-refractivity contribution in [3.8, 4) is 0 Å². The highest BCUT2D eigenvalue weighted by Gasteiger charge is 2.33. The molecule has 2 aromatic carbocycles. The van der Waals surface area contributed by atoms with Crippen LogP contribution in [-0.2, 0) is 27.8 Å². The zero-order valence-electron chi connectivity index (χ0n) is 18.5. The van der Waals surface area contributed by atoms with Gasteiger partial charge in [-0.05, 0) is 62.4 Å². The summed E-state index contributed by atoms with van der Waals surface area (Å²) in [5, 5.41) is 3.92. The Bertz CT molecular complexity index is 1170. The van der Waals surface area contributed by atoms with Gasteiger partial charge in [0.15, 0.2) is 0 Å². The van der Waals surface area contributed by atoms with E-state index in [1.807, 2.05) is 36.5 Å². The summed E-state index contributed by atoms with van der Waals surface area (Å²) in [5.74, 6) is -0.353. The molecule has 32 heavy (non-hydrogen) atoms. The second kappa shape index (κ2) is 9.88. The predicted octanol–water partition coefficient (Wildman–Crippen LogP) is 3.81. The molecule has 1 aliphatic rings. The van der Waals surface area contributed by atoms with Gasteiger partial charge in [-0.25, -0.2) is 8.42 Å². The fourth-order valence-electron chi connectivity index (χ4n) is 4.43. The number of amides is 1. The van der Waals surface area contributed by atoms with Crippen molar-refractivity contribution in [1.29, 1.82) is 0 Å². The SMILES string of the molecule is CCn1ccc2cc(S(=O)(=O)N3CCC[C@H](C(=O)NCCCc4ccccc4)C3)ccc21. The second-order valence-corrected chi connectivity index (χ2v) is 10.3. The van der Waals surface area contributed by atoms with Crippen molar-refractivity contribution in [1.82, 2.24) is 14.2 Å². The third kappa shape index (κ3) is 4.89. The minimum absolute atomic E-state index is 0.0477. The van der Waals surface area contributed by atoms with Crippen LogP contribution >= 0.6 is 0 Å². The number of hydrogen-bond donors (Lipinski definition) is 1. The molecule has 170 valence electrons. The monoisotopic (exact) mass is 453 g/mol. The fourth-order valence-corrected chi connectivity index (χ4v) is 5.99. The highest BCUT2D eigenvalue weighted by Crippen LogP contribution is 2.27. The molecular weight excluding hydrogens is 422 g/mol. The lowest BCUT2D eigenvalue weighted by molar-refractivity contribution is -0.126. The van der Waals surface area contributed by atoms with Crippen molar-refractivity contribution >= 4 is 26.8 Å². The molecule has 1 amide bonds. The van der Waals surface area contributed by atoms with Crippen molar-refractivity contribution < 1.29 is 13.2 Å². The molecule has 0 unspecified atom stereocenters. The van der Waals surface area contributed by atoms with Crippen molar-refractivity contribution in [2.24, 2.45) is 5.92 Å². The molecule has 1 N–H and O–H groups in total. The van der Waals surface area contributed by atoms with Crippen LogP contribution in [0.3, 0.4) is 0 Å². The normalized spacial score (nSPS) is 17.5. The van der Waals surface area contributed by atoms with E-state index >= 15 is 0 Å². The number of carbonyl (C=O) groups is 1. The minimum Gasteiger partial charge on any atom is -0.356 e. The predicted molar refractivity (Wildman–Crippen MR) is 127 cm³/mol. The van der Waals surface area contributed by atoms with Crippen LogP contribution < -0.4 is 5.32 Å². The van der Waals surface area contributed by atoms with E-state index in [0.717, 1.165) is 36.7 Å². The van der Waals surface area contributed by atoms with Gasteiger partial charge in [-0.15, -0.1) is 0 Å². The molecule has 0 radical (unpaired) electrons. The summed E-state index contributed by atoms with van der Waals surface area (Å²) in [7, 11) is -3.63. The van der Waals surface area contributed by atoms with Gasteiger partial charge in [-0.3, -0.25) is 4.79 Å². The van der Waals surface area contributed by atoms with Gasteiger partial charge in [0.05, 0.1) is 10.8 Å². The van der Waals surface area contributed by atoms with Gasteiger partial charge >= 0.3 is 0 Å². The van der Waals surface area contributed by atoms with Gasteiger partial charge in [0.1, 0.15) is 0 Å². The van der Waals surface area contributed by atoms with E-state index in [-0.39, 0.29) is 18.4 Å².